The van der Waals surface area contributed by atoms with Gasteiger partial charge in [0.15, 0.2) is 6.10 Å². The maximum atomic E-state index is 12.6. The maximum Gasteiger partial charge on any atom is 0.472 e. The fraction of sp³-hybridized carbons (Fsp3) is 0.682. The summed E-state index contributed by atoms with van der Waals surface area (Å²) >= 11 is 0. The minimum absolute atomic E-state index is 0.0153. The van der Waals surface area contributed by atoms with Crippen LogP contribution in [0, 0.1) is 0 Å². The Morgan fingerprint density at radius 2 is 1.07 bits per heavy atom. The molecule has 9 nitrogen and oxygen atoms in total. The average molecular weight is 779 g/mol. The number of phosphoric acid groups is 1. The van der Waals surface area contributed by atoms with Crippen LogP contribution in [0.2, 0.25) is 0 Å². The van der Waals surface area contributed by atoms with E-state index < -0.39 is 32.5 Å². The topological polar surface area (TPSA) is 108 Å². The predicted molar refractivity (Wildman–Crippen MR) is 224 cm³/mol. The van der Waals surface area contributed by atoms with Gasteiger partial charge in [0, 0.05) is 12.8 Å². The predicted octanol–water partition coefficient (Wildman–Crippen LogP) is 11.5. The lowest BCUT2D eigenvalue weighted by molar-refractivity contribution is -0.870. The first-order valence-corrected chi connectivity index (χ1v) is 22.2. The van der Waals surface area contributed by atoms with Crippen molar-refractivity contribution in [3.05, 3.63) is 72.9 Å². The lowest BCUT2D eigenvalue weighted by Gasteiger charge is -2.24. The van der Waals surface area contributed by atoms with Gasteiger partial charge in [-0.05, 0) is 77.0 Å². The molecule has 1 unspecified atom stereocenters. The Morgan fingerprint density at radius 1 is 0.593 bits per heavy atom. The number of likely N-dealkylation sites (N-methyl/N-ethyl adjacent to an activating group) is 1. The van der Waals surface area contributed by atoms with Crippen molar-refractivity contribution in [1.82, 2.24) is 0 Å². The number of hydrogen-bond acceptors (Lipinski definition) is 7. The van der Waals surface area contributed by atoms with Gasteiger partial charge >= 0.3 is 19.8 Å². The van der Waals surface area contributed by atoms with Gasteiger partial charge in [-0.3, -0.25) is 18.6 Å². The molecule has 0 rings (SSSR count). The quantitative estimate of drug-likeness (QED) is 0.0220. The van der Waals surface area contributed by atoms with Crippen LogP contribution >= 0.6 is 7.82 Å². The van der Waals surface area contributed by atoms with Gasteiger partial charge in [-0.15, -0.1) is 0 Å². The summed E-state index contributed by atoms with van der Waals surface area (Å²) in [5, 5.41) is 0. The van der Waals surface area contributed by atoms with Crippen LogP contribution in [0.4, 0.5) is 0 Å². The van der Waals surface area contributed by atoms with Crippen LogP contribution in [0.5, 0.6) is 0 Å². The molecule has 0 fully saturated rings. The Kier molecular flexibility index (Phi) is 34.4. The summed E-state index contributed by atoms with van der Waals surface area (Å²) in [5.74, 6) is -0.894. The molecule has 0 aromatic heterocycles. The van der Waals surface area contributed by atoms with Gasteiger partial charge in [0.05, 0.1) is 27.7 Å². The van der Waals surface area contributed by atoms with E-state index in [2.05, 4.69) is 80.7 Å². The van der Waals surface area contributed by atoms with Gasteiger partial charge < -0.3 is 18.9 Å². The van der Waals surface area contributed by atoms with Crippen molar-refractivity contribution >= 4 is 19.8 Å². The molecule has 0 amide bonds. The third-order valence-corrected chi connectivity index (χ3v) is 9.20. The maximum absolute atomic E-state index is 12.6. The Bertz CT molecular complexity index is 1150. The van der Waals surface area contributed by atoms with E-state index in [1.54, 1.807) is 0 Å². The van der Waals surface area contributed by atoms with Crippen LogP contribution in [0.1, 0.15) is 142 Å². The number of allylic oxidation sites excluding steroid dienone is 12. The first kappa shape index (κ1) is 51.5. The van der Waals surface area contributed by atoms with Crippen LogP contribution in [0.3, 0.4) is 0 Å². The van der Waals surface area contributed by atoms with Crippen molar-refractivity contribution in [2.24, 2.45) is 0 Å². The highest BCUT2D eigenvalue weighted by Gasteiger charge is 2.27. The van der Waals surface area contributed by atoms with Crippen LogP contribution in [-0.2, 0) is 32.7 Å². The van der Waals surface area contributed by atoms with E-state index >= 15 is 0 Å². The molecule has 1 N–H and O–H groups in total. The molecule has 0 radical (unpaired) electrons. The normalized spacial score (nSPS) is 14.4. The number of hydrogen-bond donors (Lipinski definition) is 1. The van der Waals surface area contributed by atoms with Crippen LogP contribution < -0.4 is 0 Å². The Labute approximate surface area is 329 Å². The van der Waals surface area contributed by atoms with E-state index in [0.29, 0.717) is 30.3 Å². The molecule has 0 spiro atoms. The second kappa shape index (κ2) is 36.1. The second-order valence-electron chi connectivity index (χ2n) is 14.6. The number of rotatable bonds is 36. The van der Waals surface area contributed by atoms with Crippen molar-refractivity contribution in [1.29, 1.82) is 0 Å². The lowest BCUT2D eigenvalue weighted by atomic mass is 10.1. The Morgan fingerprint density at radius 3 is 1.65 bits per heavy atom. The first-order valence-electron chi connectivity index (χ1n) is 20.7. The zero-order valence-corrected chi connectivity index (χ0v) is 35.6. The van der Waals surface area contributed by atoms with Crippen molar-refractivity contribution in [3.8, 4) is 0 Å². The molecule has 0 aliphatic heterocycles. The molecule has 0 aliphatic carbocycles. The molecule has 10 heteroatoms. The van der Waals surface area contributed by atoms with Gasteiger partial charge in [-0.1, -0.05) is 125 Å². The fourth-order valence-corrected chi connectivity index (χ4v) is 5.72. The molecular weight excluding hydrogens is 701 g/mol. The number of nitrogens with zero attached hydrogens (tertiary/aromatic N) is 1. The third kappa shape index (κ3) is 39.2. The lowest BCUT2D eigenvalue weighted by Crippen LogP contribution is -2.37. The number of unbranched alkanes of at least 4 members (excludes halogenated alkanes) is 10. The summed E-state index contributed by atoms with van der Waals surface area (Å²) < 4.78 is 34.1. The van der Waals surface area contributed by atoms with Gasteiger partial charge in [-0.25, -0.2) is 4.57 Å². The van der Waals surface area contributed by atoms with Crippen molar-refractivity contribution in [3.63, 3.8) is 0 Å². The summed E-state index contributed by atoms with van der Waals surface area (Å²) in [4.78, 5) is 35.2. The number of phosphoric ester groups is 1. The van der Waals surface area contributed by atoms with Crippen molar-refractivity contribution < 1.29 is 42.1 Å². The highest BCUT2D eigenvalue weighted by Crippen LogP contribution is 2.43. The molecule has 2 atom stereocenters. The number of esters is 2. The number of quaternary nitrogens is 1. The Hall–Kier alpha value is -2.55. The highest BCUT2D eigenvalue weighted by atomic mass is 31.2. The number of carbonyl (C=O) groups excluding carboxylic acids is 2. The SMILES string of the molecule is CC/C=C/C/C=C/C/C=C/C/C=C/C/C=C/CCCC(=O)O[C@H](COC(=O)CCCCC/C=C/CCCCCCCC)COP(=O)(O)OCC[N+](C)(C)C. The minimum atomic E-state index is -4.39. The fourth-order valence-electron chi connectivity index (χ4n) is 4.98. The summed E-state index contributed by atoms with van der Waals surface area (Å²) in [6.45, 7) is 4.19. The third-order valence-electron chi connectivity index (χ3n) is 8.22. The van der Waals surface area contributed by atoms with Gasteiger partial charge in [0.25, 0.3) is 0 Å². The molecule has 0 saturated heterocycles. The monoisotopic (exact) mass is 779 g/mol. The van der Waals surface area contributed by atoms with Crippen LogP contribution in [0.25, 0.3) is 0 Å². The molecule has 0 saturated carbocycles. The van der Waals surface area contributed by atoms with E-state index in [9.17, 15) is 19.0 Å². The zero-order valence-electron chi connectivity index (χ0n) is 34.7. The van der Waals surface area contributed by atoms with E-state index in [4.69, 9.17) is 18.5 Å². The van der Waals surface area contributed by atoms with Crippen molar-refractivity contribution in [2.45, 2.75) is 148 Å². The van der Waals surface area contributed by atoms with Crippen LogP contribution in [0.15, 0.2) is 72.9 Å². The summed E-state index contributed by atoms with van der Waals surface area (Å²) in [6, 6.07) is 0. The van der Waals surface area contributed by atoms with E-state index in [1.165, 1.54) is 38.5 Å². The summed E-state index contributed by atoms with van der Waals surface area (Å²) in [7, 11) is 1.42. The van der Waals surface area contributed by atoms with E-state index in [-0.39, 0.29) is 26.1 Å². The Balaban J connectivity index is 4.55. The number of ether oxygens (including phenoxy) is 2. The molecule has 0 aromatic rings. The molecule has 0 aromatic carbocycles. The minimum Gasteiger partial charge on any atom is -0.462 e. The van der Waals surface area contributed by atoms with E-state index in [1.807, 2.05) is 27.2 Å². The highest BCUT2D eigenvalue weighted by molar-refractivity contribution is 7.47. The molecule has 0 heterocycles. The standard InChI is InChI=1S/C44H76NO8P/c1-6-8-10-12-14-16-18-20-21-22-23-25-27-29-31-33-35-37-44(47)53-42(41-52-54(48,49)51-39-38-45(3,4)5)40-50-43(46)36-34-32-30-28-26-24-19-17-15-13-11-9-7-2/h8,10,14,16,20-21,23-26,29,31,42H,6-7,9,11-13,15,17-19,22,27-28,30,32-41H2,1-5H3/p+1/b10-8+,16-14+,21-20+,25-23+,26-24+,31-29+/t42-/m1/s1. The molecular formula is C44H77NO8P+. The molecule has 0 bridgehead atoms. The van der Waals surface area contributed by atoms with Gasteiger partial charge in [0.1, 0.15) is 19.8 Å². The summed E-state index contributed by atoms with van der Waals surface area (Å²) in [5.41, 5.74) is 0. The van der Waals surface area contributed by atoms with E-state index in [0.717, 1.165) is 57.8 Å². The zero-order chi connectivity index (χ0) is 40.0. The van der Waals surface area contributed by atoms with Gasteiger partial charge in [0.2, 0.25) is 0 Å². The second-order valence-corrected chi connectivity index (χ2v) is 16.1. The molecule has 310 valence electrons. The average Bonchev–Trinajstić information content (AvgIpc) is 3.12. The molecule has 54 heavy (non-hydrogen) atoms. The van der Waals surface area contributed by atoms with Crippen LogP contribution in [-0.4, -0.2) is 74.9 Å². The van der Waals surface area contributed by atoms with Crippen molar-refractivity contribution in [2.75, 3.05) is 47.5 Å². The van der Waals surface area contributed by atoms with Gasteiger partial charge in [-0.2, -0.15) is 0 Å². The largest absolute Gasteiger partial charge is 0.472 e. The summed E-state index contributed by atoms with van der Waals surface area (Å²) in [6.07, 6.45) is 43.9. The smallest absolute Gasteiger partial charge is 0.462 e. The molecule has 0 aliphatic rings. The number of carbonyl (C=O) groups is 2. The first-order chi connectivity index (χ1) is 26.0.